The maximum absolute atomic E-state index is 6.10. The lowest BCUT2D eigenvalue weighted by molar-refractivity contribution is 0.589. The zero-order valence-corrected chi connectivity index (χ0v) is 9.66. The second kappa shape index (κ2) is 5.85. The van der Waals surface area contributed by atoms with E-state index < -0.39 is 0 Å². The molecule has 3 heteroatoms. The van der Waals surface area contributed by atoms with E-state index in [1.54, 1.807) is 0 Å². The van der Waals surface area contributed by atoms with Crippen molar-refractivity contribution in [3.63, 3.8) is 0 Å². The van der Waals surface area contributed by atoms with Crippen molar-refractivity contribution in [2.45, 2.75) is 36.3 Å². The first-order valence-electron chi connectivity index (χ1n) is 4.68. The fraction of sp³-hybridized carbons (Fsp3) is 0.800. The summed E-state index contributed by atoms with van der Waals surface area (Å²) in [5.41, 5.74) is 6.10. The second-order valence-corrected chi connectivity index (χ2v) is 6.09. The molecule has 1 fully saturated rings. The first-order chi connectivity index (χ1) is 6.25. The van der Waals surface area contributed by atoms with Gasteiger partial charge in [0.2, 0.25) is 0 Å². The van der Waals surface area contributed by atoms with Crippen molar-refractivity contribution in [2.75, 3.05) is 11.5 Å². The number of hydrogen-bond donors (Lipinski definition) is 1. The third-order valence-electron chi connectivity index (χ3n) is 2.28. The average Bonchev–Trinajstić information content (AvgIpc) is 2.15. The van der Waals surface area contributed by atoms with Crippen LogP contribution in [0.25, 0.3) is 0 Å². The number of thioether (sulfide) groups is 2. The minimum atomic E-state index is 0.281. The van der Waals surface area contributed by atoms with Crippen LogP contribution in [0.4, 0.5) is 0 Å². The van der Waals surface area contributed by atoms with Crippen LogP contribution >= 0.6 is 23.5 Å². The third kappa shape index (κ3) is 3.46. The summed E-state index contributed by atoms with van der Waals surface area (Å²) < 4.78 is 0. The minimum Gasteiger partial charge on any atom is -0.327 e. The van der Waals surface area contributed by atoms with E-state index in [0.29, 0.717) is 10.5 Å². The van der Waals surface area contributed by atoms with E-state index in [2.05, 4.69) is 12.8 Å². The topological polar surface area (TPSA) is 26.0 Å². The van der Waals surface area contributed by atoms with Crippen LogP contribution in [0.3, 0.4) is 0 Å². The first kappa shape index (κ1) is 11.3. The van der Waals surface area contributed by atoms with Gasteiger partial charge in [0.05, 0.1) is 0 Å². The van der Waals surface area contributed by atoms with Gasteiger partial charge in [-0.3, -0.25) is 0 Å². The summed E-state index contributed by atoms with van der Waals surface area (Å²) in [5.74, 6) is 5.16. The molecule has 13 heavy (non-hydrogen) atoms. The zero-order chi connectivity index (χ0) is 9.68. The Morgan fingerprint density at radius 2 is 2.23 bits per heavy atom. The van der Waals surface area contributed by atoms with Gasteiger partial charge >= 0.3 is 0 Å². The smallest absolute Gasteiger partial charge is 0.0315 e. The summed E-state index contributed by atoms with van der Waals surface area (Å²) in [6, 6.07) is 0.281. The summed E-state index contributed by atoms with van der Waals surface area (Å²) in [6.45, 7) is 2.28. The Bertz CT molecular complexity index is 188. The third-order valence-corrected chi connectivity index (χ3v) is 5.55. The Balaban J connectivity index is 2.35. The van der Waals surface area contributed by atoms with Crippen LogP contribution in [0.1, 0.15) is 19.8 Å². The van der Waals surface area contributed by atoms with Crippen molar-refractivity contribution < 1.29 is 0 Å². The molecule has 1 aliphatic heterocycles. The van der Waals surface area contributed by atoms with Gasteiger partial charge in [0.1, 0.15) is 0 Å². The van der Waals surface area contributed by atoms with Crippen molar-refractivity contribution in [2.24, 2.45) is 5.73 Å². The average molecular weight is 215 g/mol. The molecule has 1 aliphatic rings. The Morgan fingerprint density at radius 3 is 2.85 bits per heavy atom. The SMILES string of the molecule is C#CCCC(N)C1SCCSC1C. The van der Waals surface area contributed by atoms with E-state index in [0.717, 1.165) is 12.8 Å². The minimum absolute atomic E-state index is 0.281. The van der Waals surface area contributed by atoms with E-state index in [-0.39, 0.29) is 6.04 Å². The number of hydrogen-bond acceptors (Lipinski definition) is 3. The molecule has 0 aromatic carbocycles. The molecule has 0 aromatic heterocycles. The lowest BCUT2D eigenvalue weighted by Crippen LogP contribution is -2.40. The van der Waals surface area contributed by atoms with Gasteiger partial charge in [-0.15, -0.1) is 12.3 Å². The van der Waals surface area contributed by atoms with Crippen LogP contribution in [0.2, 0.25) is 0 Å². The van der Waals surface area contributed by atoms with Gasteiger partial charge in [-0.25, -0.2) is 0 Å². The van der Waals surface area contributed by atoms with Crippen LogP contribution in [0.5, 0.6) is 0 Å². The molecule has 0 aliphatic carbocycles. The number of rotatable bonds is 3. The Kier molecular flexibility index (Phi) is 5.08. The summed E-state index contributed by atoms with van der Waals surface area (Å²) in [7, 11) is 0. The largest absolute Gasteiger partial charge is 0.327 e. The summed E-state index contributed by atoms with van der Waals surface area (Å²) >= 11 is 4.05. The van der Waals surface area contributed by atoms with Crippen LogP contribution in [-0.2, 0) is 0 Å². The first-order valence-corrected chi connectivity index (χ1v) is 6.77. The van der Waals surface area contributed by atoms with E-state index in [4.69, 9.17) is 12.2 Å². The van der Waals surface area contributed by atoms with Crippen LogP contribution < -0.4 is 5.73 Å². The molecule has 1 nitrogen and oxygen atoms in total. The molecule has 74 valence electrons. The van der Waals surface area contributed by atoms with Gasteiger partial charge in [0.15, 0.2) is 0 Å². The van der Waals surface area contributed by atoms with Gasteiger partial charge in [-0.2, -0.15) is 23.5 Å². The predicted octanol–water partition coefficient (Wildman–Crippen LogP) is 1.96. The molecule has 3 unspecified atom stereocenters. The standard InChI is InChI=1S/C10H17NS2/c1-3-4-5-9(11)10-8(2)12-6-7-13-10/h1,8-10H,4-7,11H2,2H3. The Hall–Kier alpha value is 0.220. The van der Waals surface area contributed by atoms with Crippen molar-refractivity contribution in [1.29, 1.82) is 0 Å². The second-order valence-electron chi connectivity index (χ2n) is 3.32. The van der Waals surface area contributed by atoms with Crippen molar-refractivity contribution >= 4 is 23.5 Å². The van der Waals surface area contributed by atoms with E-state index in [9.17, 15) is 0 Å². The Labute approximate surface area is 89.6 Å². The molecule has 2 N–H and O–H groups in total. The van der Waals surface area contributed by atoms with Gasteiger partial charge in [0.25, 0.3) is 0 Å². The van der Waals surface area contributed by atoms with Crippen molar-refractivity contribution in [3.05, 3.63) is 0 Å². The molecule has 0 saturated carbocycles. The highest BCUT2D eigenvalue weighted by atomic mass is 32.2. The molecule has 1 heterocycles. The number of nitrogens with two attached hydrogens (primary N) is 1. The molecule has 0 bridgehead atoms. The Morgan fingerprint density at radius 1 is 1.54 bits per heavy atom. The van der Waals surface area contributed by atoms with Gasteiger partial charge < -0.3 is 5.73 Å². The highest BCUT2D eigenvalue weighted by Gasteiger charge is 2.27. The van der Waals surface area contributed by atoms with Crippen LogP contribution in [0.15, 0.2) is 0 Å². The highest BCUT2D eigenvalue weighted by Crippen LogP contribution is 2.33. The maximum Gasteiger partial charge on any atom is 0.0315 e. The molecule has 1 saturated heterocycles. The zero-order valence-electron chi connectivity index (χ0n) is 8.03. The molecule has 0 amide bonds. The monoisotopic (exact) mass is 215 g/mol. The van der Waals surface area contributed by atoms with E-state index in [1.807, 2.05) is 23.5 Å². The highest BCUT2D eigenvalue weighted by molar-refractivity contribution is 8.07. The van der Waals surface area contributed by atoms with Crippen molar-refractivity contribution in [1.82, 2.24) is 0 Å². The summed E-state index contributed by atoms with van der Waals surface area (Å²) in [6.07, 6.45) is 7.01. The van der Waals surface area contributed by atoms with Crippen molar-refractivity contribution in [3.8, 4) is 12.3 Å². The quantitative estimate of drug-likeness (QED) is 0.729. The molecule has 3 atom stereocenters. The molecular weight excluding hydrogens is 198 g/mol. The molecule has 0 radical (unpaired) electrons. The van der Waals surface area contributed by atoms with Gasteiger partial charge in [-0.1, -0.05) is 6.92 Å². The summed E-state index contributed by atoms with van der Waals surface area (Å²) in [5, 5.41) is 1.29. The normalized spacial score (nSPS) is 30.8. The molecule has 0 spiro atoms. The van der Waals surface area contributed by atoms with E-state index in [1.165, 1.54) is 11.5 Å². The van der Waals surface area contributed by atoms with Crippen LogP contribution in [-0.4, -0.2) is 28.0 Å². The van der Waals surface area contributed by atoms with Gasteiger partial charge in [-0.05, 0) is 6.42 Å². The van der Waals surface area contributed by atoms with Gasteiger partial charge in [0, 0.05) is 34.5 Å². The lowest BCUT2D eigenvalue weighted by Gasteiger charge is -2.32. The fourth-order valence-electron chi connectivity index (χ4n) is 1.53. The maximum atomic E-state index is 6.10. The molecular formula is C10H17NS2. The molecule has 0 aromatic rings. The predicted molar refractivity (Wildman–Crippen MR) is 64.2 cm³/mol. The number of terminal acetylenes is 1. The summed E-state index contributed by atoms with van der Waals surface area (Å²) in [4.78, 5) is 0. The fourth-order valence-corrected chi connectivity index (χ4v) is 4.47. The van der Waals surface area contributed by atoms with Crippen LogP contribution in [0, 0.1) is 12.3 Å². The lowest BCUT2D eigenvalue weighted by atomic mass is 10.1. The molecule has 1 rings (SSSR count). The van der Waals surface area contributed by atoms with E-state index >= 15 is 0 Å².